The van der Waals surface area contributed by atoms with Crippen LogP contribution in [0.3, 0.4) is 0 Å². The molecule has 14 heteroatoms. The van der Waals surface area contributed by atoms with E-state index >= 15 is 4.39 Å². The molecule has 13 nitrogen and oxygen atoms in total. The molecule has 0 aliphatic carbocycles. The third-order valence-corrected chi connectivity index (χ3v) is 10.5. The van der Waals surface area contributed by atoms with E-state index in [1.165, 1.54) is 18.2 Å². The van der Waals surface area contributed by atoms with Crippen molar-refractivity contribution in [2.24, 2.45) is 5.92 Å². The van der Waals surface area contributed by atoms with Gasteiger partial charge in [0.1, 0.15) is 23.7 Å². The minimum Gasteiger partial charge on any atom is -0.484 e. The van der Waals surface area contributed by atoms with Crippen molar-refractivity contribution in [1.29, 1.82) is 0 Å². The summed E-state index contributed by atoms with van der Waals surface area (Å²) in [5, 5.41) is 20.2. The van der Waals surface area contributed by atoms with Crippen molar-refractivity contribution in [1.82, 2.24) is 26.3 Å². The summed E-state index contributed by atoms with van der Waals surface area (Å²) >= 11 is 0. The highest BCUT2D eigenvalue weighted by Crippen LogP contribution is 2.22. The van der Waals surface area contributed by atoms with Gasteiger partial charge in [0.2, 0.25) is 17.7 Å². The number of nitrogens with one attached hydrogen (secondary N) is 4. The van der Waals surface area contributed by atoms with Crippen LogP contribution in [-0.4, -0.2) is 76.7 Å². The van der Waals surface area contributed by atoms with Gasteiger partial charge in [0.05, 0.1) is 6.04 Å². The number of aromatic nitrogens is 1. The number of benzene rings is 4. The molecular weight excluding hydrogens is 794 g/mol. The van der Waals surface area contributed by atoms with Crippen molar-refractivity contribution >= 4 is 35.4 Å². The molecule has 5 aromatic rings. The van der Waals surface area contributed by atoms with E-state index in [1.54, 1.807) is 54.9 Å². The van der Waals surface area contributed by atoms with E-state index < -0.39 is 71.8 Å². The number of carbonyl (C=O) groups excluding carboxylic acids is 5. The third-order valence-electron chi connectivity index (χ3n) is 10.5. The highest BCUT2D eigenvalue weighted by molar-refractivity contribution is 5.96. The van der Waals surface area contributed by atoms with E-state index in [2.05, 4.69) is 26.3 Å². The number of ketones is 1. The second kappa shape index (κ2) is 21.9. The fourth-order valence-electron chi connectivity index (χ4n) is 7.18. The molecule has 0 saturated carbocycles. The molecule has 4 amide bonds. The van der Waals surface area contributed by atoms with Gasteiger partial charge < -0.3 is 31.1 Å². The molecule has 2 bridgehead atoms. The lowest BCUT2D eigenvalue weighted by molar-refractivity contribution is -0.137. The van der Waals surface area contributed by atoms with Crippen LogP contribution >= 0.6 is 0 Å². The Kier molecular flexibility index (Phi) is 15.6. The quantitative estimate of drug-likeness (QED) is 0.0885. The standard InChI is InChI=1S/C48H48FN5O8/c49-39-10-5-4-9-36(39)28-40-43(55)29-37(46(59)51-22-6-11-45(57)58)25-31-14-18-38(19-15-31)62-30-44(56)52-41(27-33-20-23-50-24-21-33)47(60)54-42(48(61)53-40)26-32-12-16-35(17-13-32)34-7-2-1-3-8-34/h1-5,7-10,12-21,23-24,37,40-42H,6,11,22,25-30H2,(H,51,59)(H,52,56)(H,53,61)(H,54,60)(H,57,58)/t37-,40-,41-,42+/m0/s1. The zero-order valence-corrected chi connectivity index (χ0v) is 33.9. The number of aliphatic carboxylic acids is 1. The van der Waals surface area contributed by atoms with E-state index in [4.69, 9.17) is 9.84 Å². The van der Waals surface area contributed by atoms with E-state index in [0.717, 1.165) is 11.1 Å². The van der Waals surface area contributed by atoms with E-state index in [-0.39, 0.29) is 57.1 Å². The van der Waals surface area contributed by atoms with Crippen molar-refractivity contribution in [3.63, 3.8) is 0 Å². The van der Waals surface area contributed by atoms with Gasteiger partial charge in [0.25, 0.3) is 5.91 Å². The summed E-state index contributed by atoms with van der Waals surface area (Å²) in [5.41, 5.74) is 4.06. The Morgan fingerprint density at radius 2 is 1.31 bits per heavy atom. The molecule has 0 saturated heterocycles. The number of rotatable bonds is 12. The van der Waals surface area contributed by atoms with Crippen LogP contribution in [0.15, 0.2) is 128 Å². The fraction of sp³-hybridized carbons (Fsp3) is 0.271. The molecule has 0 unspecified atom stereocenters. The lowest BCUT2D eigenvalue weighted by Crippen LogP contribution is -2.57. The summed E-state index contributed by atoms with van der Waals surface area (Å²) in [6, 6.07) is 29.2. The number of carboxylic acids is 1. The predicted octanol–water partition coefficient (Wildman–Crippen LogP) is 4.56. The second-order valence-electron chi connectivity index (χ2n) is 15.2. The number of fused-ring (bicyclic) bond motifs is 16. The molecule has 4 aromatic carbocycles. The van der Waals surface area contributed by atoms with Gasteiger partial charge in [-0.3, -0.25) is 33.8 Å². The molecule has 4 atom stereocenters. The first-order valence-corrected chi connectivity index (χ1v) is 20.4. The molecule has 2 aliphatic rings. The minimum absolute atomic E-state index is 0.0262. The number of hydrogen-bond acceptors (Lipinski definition) is 8. The van der Waals surface area contributed by atoms with Crippen LogP contribution in [-0.2, 0) is 54.5 Å². The number of carbonyl (C=O) groups is 6. The number of halogens is 1. The molecular formula is C48H48FN5O8. The van der Waals surface area contributed by atoms with Gasteiger partial charge in [-0.05, 0) is 76.6 Å². The Balaban J connectivity index is 1.35. The summed E-state index contributed by atoms with van der Waals surface area (Å²) in [6.45, 7) is -0.388. The average Bonchev–Trinajstić information content (AvgIpc) is 3.27. The smallest absolute Gasteiger partial charge is 0.303 e. The van der Waals surface area contributed by atoms with Crippen LogP contribution in [0.25, 0.3) is 11.1 Å². The van der Waals surface area contributed by atoms with Crippen molar-refractivity contribution < 1.29 is 43.0 Å². The highest BCUT2D eigenvalue weighted by atomic mass is 19.1. The van der Waals surface area contributed by atoms with Crippen LogP contribution in [0.4, 0.5) is 4.39 Å². The summed E-state index contributed by atoms with van der Waals surface area (Å²) in [6.07, 6.45) is 2.58. The summed E-state index contributed by atoms with van der Waals surface area (Å²) in [4.78, 5) is 85.4. The average molecular weight is 842 g/mol. The fourth-order valence-corrected chi connectivity index (χ4v) is 7.18. The zero-order valence-electron chi connectivity index (χ0n) is 33.9. The van der Waals surface area contributed by atoms with Gasteiger partial charge in [-0.25, -0.2) is 4.39 Å². The summed E-state index contributed by atoms with van der Waals surface area (Å²) in [5.74, 6) is -5.36. The molecule has 3 heterocycles. The molecule has 1 aromatic heterocycles. The molecule has 0 fully saturated rings. The van der Waals surface area contributed by atoms with Crippen molar-refractivity contribution in [2.75, 3.05) is 13.2 Å². The van der Waals surface area contributed by atoms with E-state index in [9.17, 15) is 28.8 Å². The van der Waals surface area contributed by atoms with E-state index in [1.807, 2.05) is 54.6 Å². The van der Waals surface area contributed by atoms with E-state index in [0.29, 0.717) is 22.4 Å². The number of amides is 4. The molecule has 320 valence electrons. The lowest BCUT2D eigenvalue weighted by Gasteiger charge is -2.26. The molecule has 62 heavy (non-hydrogen) atoms. The van der Waals surface area contributed by atoms with Crippen LogP contribution in [0, 0.1) is 11.7 Å². The summed E-state index contributed by atoms with van der Waals surface area (Å²) in [7, 11) is 0. The number of nitrogens with zero attached hydrogens (tertiary/aromatic N) is 1. The monoisotopic (exact) mass is 841 g/mol. The first kappa shape index (κ1) is 44.3. The first-order chi connectivity index (χ1) is 30.0. The van der Waals surface area contributed by atoms with Gasteiger partial charge in [-0.2, -0.15) is 0 Å². The van der Waals surface area contributed by atoms with Gasteiger partial charge in [-0.1, -0.05) is 84.9 Å². The van der Waals surface area contributed by atoms with Crippen LogP contribution in [0.2, 0.25) is 0 Å². The van der Waals surface area contributed by atoms with Crippen molar-refractivity contribution in [3.05, 3.63) is 156 Å². The Labute approximate surface area is 358 Å². The minimum atomic E-state index is -1.34. The maximum Gasteiger partial charge on any atom is 0.303 e. The predicted molar refractivity (Wildman–Crippen MR) is 228 cm³/mol. The SMILES string of the molecule is O=C(O)CCCNC(=O)[C@@H]1CC(=O)[C@H](Cc2ccccc2F)NC(=O)[C@@H](Cc2ccc(-c3ccccc3)cc2)NC(=O)[C@H](Cc2ccncc2)NC(=O)COc2ccc(cc2)C1. The zero-order chi connectivity index (χ0) is 43.8. The molecule has 5 N–H and O–H groups in total. The van der Waals surface area contributed by atoms with Crippen LogP contribution in [0.1, 0.15) is 41.5 Å². The maximum atomic E-state index is 15.2. The Morgan fingerprint density at radius 1 is 0.694 bits per heavy atom. The third kappa shape index (κ3) is 13.1. The van der Waals surface area contributed by atoms with Gasteiger partial charge in [0, 0.05) is 57.0 Å². The number of pyridine rings is 1. The maximum absolute atomic E-state index is 15.2. The number of Topliss-reactive ketones (excluding diaryl/α,β-unsaturated/α-hetero) is 1. The Hall–Kier alpha value is -7.22. The van der Waals surface area contributed by atoms with Crippen LogP contribution in [0.5, 0.6) is 5.75 Å². The lowest BCUT2D eigenvalue weighted by atomic mass is 9.89. The second-order valence-corrected chi connectivity index (χ2v) is 15.2. The molecule has 7 rings (SSSR count). The van der Waals surface area contributed by atoms with Gasteiger partial charge in [-0.15, -0.1) is 0 Å². The first-order valence-electron chi connectivity index (χ1n) is 20.4. The molecule has 0 radical (unpaired) electrons. The summed E-state index contributed by atoms with van der Waals surface area (Å²) < 4.78 is 21.0. The van der Waals surface area contributed by atoms with Gasteiger partial charge in [0.15, 0.2) is 12.4 Å². The van der Waals surface area contributed by atoms with Gasteiger partial charge >= 0.3 is 5.97 Å². The van der Waals surface area contributed by atoms with Crippen molar-refractivity contribution in [2.45, 2.75) is 63.1 Å². The number of hydrogen-bond donors (Lipinski definition) is 5. The van der Waals surface area contributed by atoms with Crippen molar-refractivity contribution in [3.8, 4) is 16.9 Å². The molecule has 2 aliphatic heterocycles. The normalized spacial score (nSPS) is 18.8. The number of carboxylic acid groups (broad SMARTS) is 1. The Bertz CT molecular complexity index is 2330. The number of ether oxygens (including phenoxy) is 1. The Morgan fingerprint density at radius 3 is 1.98 bits per heavy atom. The molecule has 0 spiro atoms. The van der Waals surface area contributed by atoms with Crippen LogP contribution < -0.4 is 26.0 Å². The topological polar surface area (TPSA) is 193 Å². The highest BCUT2D eigenvalue weighted by Gasteiger charge is 2.33. The largest absolute Gasteiger partial charge is 0.484 e.